The number of aryl methyl sites for hydroxylation is 4. The Morgan fingerprint density at radius 2 is 0.879 bits per heavy atom. The maximum absolute atomic E-state index is 6.66. The third-order valence-electron chi connectivity index (χ3n) is 14.2. The van der Waals surface area contributed by atoms with Crippen LogP contribution in [-0.2, 0) is 10.8 Å². The zero-order valence-electron chi connectivity index (χ0n) is 36.8. The summed E-state index contributed by atoms with van der Waals surface area (Å²) in [4.78, 5) is 0. The first-order valence-electron chi connectivity index (χ1n) is 21.5. The van der Waals surface area contributed by atoms with Crippen molar-refractivity contribution in [2.24, 2.45) is 0 Å². The van der Waals surface area contributed by atoms with E-state index in [0.717, 1.165) is 23.0 Å². The van der Waals surface area contributed by atoms with Gasteiger partial charge in [-0.25, -0.2) is 0 Å². The smallest absolute Gasteiger partial charge is 0.130 e. The summed E-state index contributed by atoms with van der Waals surface area (Å²) < 4.78 is 13.3. The van der Waals surface area contributed by atoms with E-state index in [1.165, 1.54) is 108 Å². The first-order chi connectivity index (χ1) is 27.5. The number of allylic oxidation sites excluding steroid dienone is 2. The molecule has 0 amide bonds. The second-order valence-corrected chi connectivity index (χ2v) is 24.6. The van der Waals surface area contributed by atoms with Crippen LogP contribution in [0.4, 0.5) is 0 Å². The monoisotopic (exact) mass is 780 g/mol. The summed E-state index contributed by atoms with van der Waals surface area (Å²) in [6, 6.07) is 35.3. The summed E-state index contributed by atoms with van der Waals surface area (Å²) >= 11 is 0. The van der Waals surface area contributed by atoms with Gasteiger partial charge in [-0.05, 0) is 167 Å². The van der Waals surface area contributed by atoms with Gasteiger partial charge in [0.15, 0.2) is 0 Å². The minimum Gasteiger partial charge on any atom is -0.462 e. The van der Waals surface area contributed by atoms with E-state index in [1.54, 1.807) is 0 Å². The normalized spacial score (nSPS) is 18.5. The summed E-state index contributed by atoms with van der Waals surface area (Å²) in [5.74, 6) is 3.98. The third-order valence-corrected chi connectivity index (χ3v) is 20.4. The molecule has 0 N–H and O–H groups in total. The molecule has 0 spiro atoms. The lowest BCUT2D eigenvalue weighted by Gasteiger charge is -2.51. The molecule has 58 heavy (non-hydrogen) atoms. The van der Waals surface area contributed by atoms with Gasteiger partial charge in [-0.15, -0.1) is 0 Å². The van der Waals surface area contributed by atoms with Crippen LogP contribution in [0.2, 0.25) is 12.1 Å². The number of rotatable bonds is 6. The molecular formula is C55H60O2Si. The number of benzene rings is 4. The van der Waals surface area contributed by atoms with Crippen LogP contribution in [0.25, 0.3) is 45.6 Å². The molecule has 3 heterocycles. The predicted octanol–water partition coefficient (Wildman–Crippen LogP) is 15.6. The second kappa shape index (κ2) is 13.6. The van der Waals surface area contributed by atoms with E-state index in [1.807, 2.05) is 0 Å². The Hall–Kier alpha value is -4.86. The molecule has 9 rings (SSSR count). The van der Waals surface area contributed by atoms with Gasteiger partial charge < -0.3 is 8.83 Å². The maximum atomic E-state index is 6.66. The maximum Gasteiger partial charge on any atom is 0.130 e. The molecule has 2 aromatic heterocycles. The molecule has 2 nitrogen and oxygen atoms in total. The van der Waals surface area contributed by atoms with Crippen molar-refractivity contribution in [1.29, 1.82) is 0 Å². The number of hydrogen-bond acceptors (Lipinski definition) is 2. The van der Waals surface area contributed by atoms with Crippen LogP contribution in [0, 0.1) is 41.5 Å². The molecule has 1 aliphatic heterocycles. The quantitative estimate of drug-likeness (QED) is 0.157. The van der Waals surface area contributed by atoms with Crippen molar-refractivity contribution >= 4 is 31.4 Å². The molecule has 6 aromatic rings. The minimum absolute atomic E-state index is 0.0988. The fourth-order valence-corrected chi connectivity index (χ4v) is 16.8. The predicted molar refractivity (Wildman–Crippen MR) is 248 cm³/mol. The fraction of sp³-hybridized carbons (Fsp3) is 0.345. The Morgan fingerprint density at radius 1 is 0.500 bits per heavy atom. The molecule has 2 atom stereocenters. The summed E-state index contributed by atoms with van der Waals surface area (Å²) in [5, 5.41) is 0. The molecule has 1 saturated heterocycles. The zero-order valence-corrected chi connectivity index (χ0v) is 37.8. The zero-order chi connectivity index (χ0) is 41.1. The standard InChI is InChI=1S/C55H60O2Si/c1-32-28-44-42(50(36(32)5)38-16-20-40(21-17-38)54(7,8)9)30-46(48-24-14-34(3)56-48)52(44)58(26-13-27-58)53-45-29-33(2)37(6)51(39-18-22-41(23-19-39)55(10,11)12)43(45)31-47(53)49-25-15-35(4)57-49/h14-25,28-31,52-53H,13,26-27H2,1-12H3. The van der Waals surface area contributed by atoms with E-state index >= 15 is 0 Å². The average molecular weight is 781 g/mol. The van der Waals surface area contributed by atoms with E-state index in [2.05, 4.69) is 180 Å². The van der Waals surface area contributed by atoms with Crippen LogP contribution in [0.5, 0.6) is 0 Å². The Balaban J connectivity index is 1.29. The number of hydrogen-bond donors (Lipinski definition) is 0. The van der Waals surface area contributed by atoms with Gasteiger partial charge in [0.05, 0.1) is 8.07 Å². The van der Waals surface area contributed by atoms with Gasteiger partial charge in [0, 0.05) is 22.2 Å². The highest BCUT2D eigenvalue weighted by Crippen LogP contribution is 2.65. The summed E-state index contributed by atoms with van der Waals surface area (Å²) in [5.41, 5.74) is 22.8. The van der Waals surface area contributed by atoms with E-state index in [-0.39, 0.29) is 21.9 Å². The molecule has 0 saturated carbocycles. The highest BCUT2D eigenvalue weighted by molar-refractivity contribution is 6.88. The molecule has 2 aliphatic carbocycles. The van der Waals surface area contributed by atoms with Crippen molar-refractivity contribution in [2.75, 3.05) is 0 Å². The van der Waals surface area contributed by atoms with Crippen LogP contribution in [0.3, 0.4) is 0 Å². The van der Waals surface area contributed by atoms with Gasteiger partial charge in [-0.1, -0.05) is 121 Å². The van der Waals surface area contributed by atoms with Crippen molar-refractivity contribution in [3.05, 3.63) is 164 Å². The summed E-state index contributed by atoms with van der Waals surface area (Å²) in [7, 11) is -2.30. The number of fused-ring (bicyclic) bond motifs is 2. The average Bonchev–Trinajstić information content (AvgIpc) is 3.95. The molecular weight excluding hydrogens is 721 g/mol. The van der Waals surface area contributed by atoms with Gasteiger partial charge in [-0.3, -0.25) is 0 Å². The fourth-order valence-electron chi connectivity index (χ4n) is 10.7. The molecule has 1 fully saturated rings. The molecule has 296 valence electrons. The minimum atomic E-state index is -2.30. The van der Waals surface area contributed by atoms with Crippen LogP contribution in [0.15, 0.2) is 93.8 Å². The van der Waals surface area contributed by atoms with Gasteiger partial charge >= 0.3 is 0 Å². The molecule has 4 aromatic carbocycles. The van der Waals surface area contributed by atoms with E-state index in [0.29, 0.717) is 0 Å². The Morgan fingerprint density at radius 3 is 1.17 bits per heavy atom. The molecule has 3 aliphatic rings. The SMILES string of the molecule is Cc1ccc(C2=Cc3c(cc(C)c(C)c3-c3ccc(C(C)(C)C)cc3)C2[Si]2(C3C(c4ccc(C)o4)=Cc4c3cc(C)c(C)c4-c3ccc(C(C)(C)C)cc3)CCC2)o1. The highest BCUT2D eigenvalue weighted by Gasteiger charge is 2.59. The van der Waals surface area contributed by atoms with Gasteiger partial charge in [0.1, 0.15) is 23.0 Å². The Bertz CT molecular complexity index is 2470. The summed E-state index contributed by atoms with van der Waals surface area (Å²) in [6.07, 6.45) is 6.35. The molecule has 2 unspecified atom stereocenters. The molecule has 0 bridgehead atoms. The molecule has 0 radical (unpaired) electrons. The first kappa shape index (κ1) is 38.6. The Labute approximate surface area is 348 Å². The lowest BCUT2D eigenvalue weighted by Crippen LogP contribution is -2.53. The summed E-state index contributed by atoms with van der Waals surface area (Å²) in [6.45, 7) is 27.3. The van der Waals surface area contributed by atoms with Crippen molar-refractivity contribution in [1.82, 2.24) is 0 Å². The van der Waals surface area contributed by atoms with Crippen molar-refractivity contribution in [3.63, 3.8) is 0 Å². The van der Waals surface area contributed by atoms with Crippen LogP contribution in [0.1, 0.15) is 138 Å². The first-order valence-corrected chi connectivity index (χ1v) is 24.1. The lowest BCUT2D eigenvalue weighted by atomic mass is 9.84. The van der Waals surface area contributed by atoms with E-state index < -0.39 is 8.07 Å². The van der Waals surface area contributed by atoms with E-state index in [4.69, 9.17) is 8.83 Å². The van der Waals surface area contributed by atoms with Gasteiger partial charge in [0.25, 0.3) is 0 Å². The third kappa shape index (κ3) is 6.10. The Kier molecular flexibility index (Phi) is 9.06. The van der Waals surface area contributed by atoms with Crippen molar-refractivity contribution in [3.8, 4) is 22.3 Å². The highest BCUT2D eigenvalue weighted by atomic mass is 28.3. The van der Waals surface area contributed by atoms with Crippen molar-refractivity contribution in [2.45, 2.75) is 124 Å². The van der Waals surface area contributed by atoms with Gasteiger partial charge in [0.2, 0.25) is 0 Å². The lowest BCUT2D eigenvalue weighted by molar-refractivity contribution is 0.518. The number of furan rings is 2. The second-order valence-electron chi connectivity index (χ2n) is 20.0. The van der Waals surface area contributed by atoms with Crippen molar-refractivity contribution < 1.29 is 8.83 Å². The molecule has 3 heteroatoms. The largest absolute Gasteiger partial charge is 0.462 e. The van der Waals surface area contributed by atoms with Crippen LogP contribution in [-0.4, -0.2) is 8.07 Å². The topological polar surface area (TPSA) is 26.3 Å². The van der Waals surface area contributed by atoms with Crippen LogP contribution >= 0.6 is 0 Å². The van der Waals surface area contributed by atoms with Gasteiger partial charge in [-0.2, -0.15) is 0 Å². The van der Waals surface area contributed by atoms with Crippen LogP contribution < -0.4 is 0 Å². The van der Waals surface area contributed by atoms with E-state index in [9.17, 15) is 0 Å².